The van der Waals surface area contributed by atoms with Crippen LogP contribution >= 0.6 is 0 Å². The van der Waals surface area contributed by atoms with Gasteiger partial charge in [0, 0.05) is 0 Å². The molecule has 0 unspecified atom stereocenters. The molecule has 13 heavy (non-hydrogen) atoms. The highest BCUT2D eigenvalue weighted by Crippen LogP contribution is 1.91. The van der Waals surface area contributed by atoms with Crippen molar-refractivity contribution in [3.8, 4) is 0 Å². The molecule has 0 aromatic carbocycles. The molecule has 0 aromatic rings. The fourth-order valence-corrected chi connectivity index (χ4v) is 0.665. The summed E-state index contributed by atoms with van der Waals surface area (Å²) < 4.78 is 4.23. The van der Waals surface area contributed by atoms with Crippen LogP contribution in [0.15, 0.2) is 0 Å². The second kappa shape index (κ2) is 4.96. The number of ether oxygens (including phenoxy) is 1. The van der Waals surface area contributed by atoms with Gasteiger partial charge in [0.25, 0.3) is 0 Å². The minimum absolute atomic E-state index is 0.473. The van der Waals surface area contributed by atoms with Crippen molar-refractivity contribution in [1.82, 2.24) is 4.90 Å². The van der Waals surface area contributed by atoms with E-state index in [1.807, 2.05) is 0 Å². The standard InChI is InChI=1S/C6H10N2O5/c1-13-6(12)8(2-4(7)9)3-5(10)11/h2-3H2,1H3,(H2,7,9)(H,10,11). The second-order valence-corrected chi connectivity index (χ2v) is 2.19. The Morgan fingerprint density at radius 2 is 1.92 bits per heavy atom. The lowest BCUT2D eigenvalue weighted by atomic mass is 10.5. The highest BCUT2D eigenvalue weighted by molar-refractivity contribution is 5.83. The number of nitrogens with zero attached hydrogens (tertiary/aromatic N) is 1. The number of hydrogen-bond donors (Lipinski definition) is 2. The largest absolute Gasteiger partial charge is 0.480 e. The molecule has 0 heterocycles. The first kappa shape index (κ1) is 11.2. The Kier molecular flexibility index (Phi) is 4.28. The van der Waals surface area contributed by atoms with Crippen LogP contribution in [0.4, 0.5) is 4.79 Å². The van der Waals surface area contributed by atoms with Gasteiger partial charge in [-0.1, -0.05) is 0 Å². The molecule has 0 bridgehead atoms. The summed E-state index contributed by atoms with van der Waals surface area (Å²) in [6.07, 6.45) is -0.902. The smallest absolute Gasteiger partial charge is 0.410 e. The van der Waals surface area contributed by atoms with Crippen LogP contribution in [-0.2, 0) is 14.3 Å². The van der Waals surface area contributed by atoms with Crippen molar-refractivity contribution >= 4 is 18.0 Å². The van der Waals surface area contributed by atoms with Crippen LogP contribution in [0.3, 0.4) is 0 Å². The molecule has 3 N–H and O–H groups in total. The first-order valence-corrected chi connectivity index (χ1v) is 3.30. The number of nitrogens with two attached hydrogens (primary N) is 1. The zero-order valence-corrected chi connectivity index (χ0v) is 7.02. The van der Waals surface area contributed by atoms with Crippen LogP contribution in [0.1, 0.15) is 0 Å². The molecule has 0 aliphatic rings. The van der Waals surface area contributed by atoms with Crippen molar-refractivity contribution in [2.45, 2.75) is 0 Å². The summed E-state index contributed by atoms with van der Waals surface area (Å²) in [4.78, 5) is 32.1. The normalized spacial score (nSPS) is 9.00. The average molecular weight is 190 g/mol. The van der Waals surface area contributed by atoms with Gasteiger partial charge in [-0.3, -0.25) is 14.5 Å². The van der Waals surface area contributed by atoms with E-state index in [-0.39, 0.29) is 0 Å². The van der Waals surface area contributed by atoms with Crippen molar-refractivity contribution in [2.24, 2.45) is 5.73 Å². The molecule has 0 rings (SSSR count). The molecular formula is C6H10N2O5. The van der Waals surface area contributed by atoms with E-state index in [4.69, 9.17) is 10.8 Å². The average Bonchev–Trinajstić information content (AvgIpc) is 2.00. The van der Waals surface area contributed by atoms with Crippen LogP contribution in [-0.4, -0.2) is 48.2 Å². The summed E-state index contributed by atoms with van der Waals surface area (Å²) in [6.45, 7) is -1.09. The molecule has 2 amide bonds. The molecule has 0 fully saturated rings. The molecule has 7 heteroatoms. The molecule has 7 nitrogen and oxygen atoms in total. The molecule has 74 valence electrons. The molecule has 0 aliphatic heterocycles. The Balaban J connectivity index is 4.26. The Bertz CT molecular complexity index is 211. The third-order valence-electron chi connectivity index (χ3n) is 1.11. The summed E-state index contributed by atoms with van der Waals surface area (Å²) in [5.41, 5.74) is 4.78. The summed E-state index contributed by atoms with van der Waals surface area (Å²) in [5.74, 6) is -2.04. The van der Waals surface area contributed by atoms with E-state index in [1.54, 1.807) is 0 Å². The van der Waals surface area contributed by atoms with Crippen molar-refractivity contribution in [3.63, 3.8) is 0 Å². The van der Waals surface area contributed by atoms with Crippen LogP contribution < -0.4 is 5.73 Å². The number of carbonyl (C=O) groups excluding carboxylic acids is 2. The number of methoxy groups -OCH3 is 1. The van der Waals surface area contributed by atoms with Crippen LogP contribution in [0.25, 0.3) is 0 Å². The molecule has 0 saturated carbocycles. The highest BCUT2D eigenvalue weighted by Gasteiger charge is 2.18. The van der Waals surface area contributed by atoms with Gasteiger partial charge >= 0.3 is 12.1 Å². The molecule has 0 saturated heterocycles. The highest BCUT2D eigenvalue weighted by atomic mass is 16.5. The summed E-state index contributed by atoms with van der Waals surface area (Å²) >= 11 is 0. The lowest BCUT2D eigenvalue weighted by Gasteiger charge is -2.16. The van der Waals surface area contributed by atoms with Crippen LogP contribution in [0, 0.1) is 0 Å². The topological polar surface area (TPSA) is 110 Å². The maximum absolute atomic E-state index is 10.8. The lowest BCUT2D eigenvalue weighted by molar-refractivity contribution is -0.138. The van der Waals surface area contributed by atoms with E-state index in [9.17, 15) is 14.4 Å². The molecule has 0 radical (unpaired) electrons. The van der Waals surface area contributed by atoms with Gasteiger partial charge in [-0.05, 0) is 0 Å². The third-order valence-corrected chi connectivity index (χ3v) is 1.11. The summed E-state index contributed by atoms with van der Waals surface area (Å²) in [7, 11) is 1.08. The zero-order valence-electron chi connectivity index (χ0n) is 7.02. The summed E-state index contributed by atoms with van der Waals surface area (Å²) in [5, 5.41) is 8.34. The molecule has 0 aromatic heterocycles. The van der Waals surface area contributed by atoms with Crippen molar-refractivity contribution in [3.05, 3.63) is 0 Å². The first-order valence-electron chi connectivity index (χ1n) is 3.30. The minimum Gasteiger partial charge on any atom is -0.480 e. The maximum Gasteiger partial charge on any atom is 0.410 e. The lowest BCUT2D eigenvalue weighted by Crippen LogP contribution is -2.41. The number of rotatable bonds is 4. The second-order valence-electron chi connectivity index (χ2n) is 2.19. The predicted octanol–water partition coefficient (Wildman–Crippen LogP) is -1.38. The Morgan fingerprint density at radius 3 is 2.23 bits per heavy atom. The molecule has 0 aliphatic carbocycles. The number of carboxylic acids is 1. The molecule has 0 spiro atoms. The minimum atomic E-state index is -1.24. The Hall–Kier alpha value is -1.79. The molecule has 0 atom stereocenters. The van der Waals surface area contributed by atoms with Gasteiger partial charge in [0.15, 0.2) is 0 Å². The van der Waals surface area contributed by atoms with Crippen molar-refractivity contribution in [1.29, 1.82) is 0 Å². The first-order chi connectivity index (χ1) is 5.97. The fraction of sp³-hybridized carbons (Fsp3) is 0.500. The van der Waals surface area contributed by atoms with E-state index < -0.39 is 31.1 Å². The number of hydrogen-bond acceptors (Lipinski definition) is 4. The van der Waals surface area contributed by atoms with E-state index in [2.05, 4.69) is 4.74 Å². The predicted molar refractivity (Wildman–Crippen MR) is 40.8 cm³/mol. The van der Waals surface area contributed by atoms with Gasteiger partial charge in [0.1, 0.15) is 13.1 Å². The zero-order chi connectivity index (χ0) is 10.4. The maximum atomic E-state index is 10.8. The van der Waals surface area contributed by atoms with Gasteiger partial charge in [0.05, 0.1) is 7.11 Å². The number of carboxylic acid groups (broad SMARTS) is 1. The summed E-state index contributed by atoms with van der Waals surface area (Å²) in [6, 6.07) is 0. The van der Waals surface area contributed by atoms with E-state index in [0.717, 1.165) is 7.11 Å². The van der Waals surface area contributed by atoms with Crippen LogP contribution in [0.2, 0.25) is 0 Å². The van der Waals surface area contributed by atoms with Crippen molar-refractivity contribution in [2.75, 3.05) is 20.2 Å². The fourth-order valence-electron chi connectivity index (χ4n) is 0.665. The Labute approximate surface area is 74.1 Å². The van der Waals surface area contributed by atoms with E-state index >= 15 is 0 Å². The number of amides is 2. The van der Waals surface area contributed by atoms with Crippen LogP contribution in [0.5, 0.6) is 0 Å². The van der Waals surface area contributed by atoms with Gasteiger partial charge in [-0.2, -0.15) is 0 Å². The Morgan fingerprint density at radius 1 is 1.38 bits per heavy atom. The SMILES string of the molecule is COC(=O)N(CC(N)=O)CC(=O)O. The number of aliphatic carboxylic acids is 1. The van der Waals surface area contributed by atoms with Gasteiger partial charge < -0.3 is 15.6 Å². The quantitative estimate of drug-likeness (QED) is 0.568. The van der Waals surface area contributed by atoms with E-state index in [0.29, 0.717) is 4.90 Å². The van der Waals surface area contributed by atoms with Crippen molar-refractivity contribution < 1.29 is 24.2 Å². The monoisotopic (exact) mass is 190 g/mol. The number of carbonyl (C=O) groups is 3. The number of primary amides is 1. The van der Waals surface area contributed by atoms with Gasteiger partial charge in [-0.25, -0.2) is 4.79 Å². The third kappa shape index (κ3) is 4.62. The molecular weight excluding hydrogens is 180 g/mol. The van der Waals surface area contributed by atoms with Gasteiger partial charge in [-0.15, -0.1) is 0 Å². The van der Waals surface area contributed by atoms with E-state index in [1.165, 1.54) is 0 Å². The van der Waals surface area contributed by atoms with Gasteiger partial charge in [0.2, 0.25) is 5.91 Å².